The summed E-state index contributed by atoms with van der Waals surface area (Å²) in [4.78, 5) is 16.7. The van der Waals surface area contributed by atoms with E-state index in [0.717, 1.165) is 49.9 Å². The van der Waals surface area contributed by atoms with Crippen molar-refractivity contribution in [2.75, 3.05) is 5.73 Å². The van der Waals surface area contributed by atoms with Crippen LogP contribution < -0.4 is 5.73 Å². The summed E-state index contributed by atoms with van der Waals surface area (Å²) in [6, 6.07) is 18.1. The average molecular weight is 403 g/mol. The molecule has 0 saturated carbocycles. The van der Waals surface area contributed by atoms with Gasteiger partial charge in [-0.25, -0.2) is 4.98 Å². The fourth-order valence-corrected chi connectivity index (χ4v) is 3.90. The van der Waals surface area contributed by atoms with Crippen molar-refractivity contribution < 1.29 is 0 Å². The van der Waals surface area contributed by atoms with E-state index in [1.54, 1.807) is 24.8 Å². The topological polar surface area (TPSA) is 109 Å². The first-order valence-corrected chi connectivity index (χ1v) is 9.85. The number of nitrogen functional groups attached to an aromatic ring is 1. The van der Waals surface area contributed by atoms with Gasteiger partial charge in [0.2, 0.25) is 0 Å². The standard InChI is InChI=1S/C24H17N7/c25-17-10-16(12-27-13-17)15-4-5-20-19(11-15)23(31-30-20)24-28-21-3-1-2-18(22(21)29-24)14-6-8-26-9-7-14/h1-13H,25H2,(H,28,29)(H,30,31). The van der Waals surface area contributed by atoms with Gasteiger partial charge in [0.15, 0.2) is 5.82 Å². The van der Waals surface area contributed by atoms with Gasteiger partial charge in [0.1, 0.15) is 5.69 Å². The van der Waals surface area contributed by atoms with Crippen molar-refractivity contribution in [2.45, 2.75) is 0 Å². The molecule has 6 rings (SSSR count). The van der Waals surface area contributed by atoms with Gasteiger partial charge in [0, 0.05) is 41.3 Å². The van der Waals surface area contributed by atoms with Crippen molar-refractivity contribution >= 4 is 27.6 Å². The SMILES string of the molecule is Nc1cncc(-c2ccc3[nH]nc(-c4nc5c(-c6ccncc6)cccc5[nH]4)c3c2)c1. The van der Waals surface area contributed by atoms with Crippen molar-refractivity contribution in [3.05, 3.63) is 79.4 Å². The number of hydrogen-bond acceptors (Lipinski definition) is 5. The summed E-state index contributed by atoms with van der Waals surface area (Å²) in [6.07, 6.45) is 7.02. The number of pyridine rings is 2. The Hall–Kier alpha value is -4.52. The van der Waals surface area contributed by atoms with E-state index in [1.165, 1.54) is 0 Å². The first-order chi connectivity index (χ1) is 15.3. The predicted molar refractivity (Wildman–Crippen MR) is 122 cm³/mol. The molecule has 31 heavy (non-hydrogen) atoms. The molecule has 0 amide bonds. The van der Waals surface area contributed by atoms with Gasteiger partial charge in [-0.1, -0.05) is 18.2 Å². The number of nitrogens with one attached hydrogen (secondary N) is 2. The fraction of sp³-hybridized carbons (Fsp3) is 0. The fourth-order valence-electron chi connectivity index (χ4n) is 3.90. The number of aromatic amines is 2. The minimum atomic E-state index is 0.630. The van der Waals surface area contributed by atoms with Crippen LogP contribution in [0.5, 0.6) is 0 Å². The lowest BCUT2D eigenvalue weighted by molar-refractivity contribution is 1.11. The Kier molecular flexibility index (Phi) is 3.79. The highest BCUT2D eigenvalue weighted by molar-refractivity contribution is 5.98. The molecule has 7 heteroatoms. The highest BCUT2D eigenvalue weighted by atomic mass is 15.1. The Morgan fingerprint density at radius 2 is 1.68 bits per heavy atom. The van der Waals surface area contributed by atoms with Gasteiger partial charge in [-0.3, -0.25) is 15.1 Å². The van der Waals surface area contributed by atoms with Crippen LogP contribution in [0.3, 0.4) is 0 Å². The second-order valence-corrected chi connectivity index (χ2v) is 7.36. The summed E-state index contributed by atoms with van der Waals surface area (Å²) in [5, 5.41) is 8.63. The smallest absolute Gasteiger partial charge is 0.159 e. The number of rotatable bonds is 3. The summed E-state index contributed by atoms with van der Waals surface area (Å²) in [7, 11) is 0. The van der Waals surface area contributed by atoms with Crippen LogP contribution in [-0.2, 0) is 0 Å². The monoisotopic (exact) mass is 403 g/mol. The van der Waals surface area contributed by atoms with E-state index < -0.39 is 0 Å². The summed E-state index contributed by atoms with van der Waals surface area (Å²) < 4.78 is 0. The van der Waals surface area contributed by atoms with Gasteiger partial charge in [-0.05, 0) is 47.5 Å². The molecule has 0 fully saturated rings. The molecule has 148 valence electrons. The third-order valence-corrected chi connectivity index (χ3v) is 5.38. The number of anilines is 1. The van der Waals surface area contributed by atoms with Gasteiger partial charge in [0.25, 0.3) is 0 Å². The molecule has 0 aliphatic rings. The molecule has 0 spiro atoms. The Balaban J connectivity index is 1.51. The second kappa shape index (κ2) is 6.77. The molecule has 0 aliphatic heterocycles. The molecule has 7 nitrogen and oxygen atoms in total. The van der Waals surface area contributed by atoms with Crippen molar-refractivity contribution in [1.29, 1.82) is 0 Å². The first-order valence-electron chi connectivity index (χ1n) is 9.85. The van der Waals surface area contributed by atoms with Crippen LogP contribution in [0.1, 0.15) is 0 Å². The van der Waals surface area contributed by atoms with Crippen molar-refractivity contribution in [1.82, 2.24) is 30.1 Å². The Labute approximate surface area is 177 Å². The van der Waals surface area contributed by atoms with Crippen LogP contribution in [0.15, 0.2) is 79.4 Å². The zero-order valence-corrected chi connectivity index (χ0v) is 16.4. The number of fused-ring (bicyclic) bond motifs is 2. The molecule has 4 N–H and O–H groups in total. The quantitative estimate of drug-likeness (QED) is 0.393. The van der Waals surface area contributed by atoms with Crippen LogP contribution in [0, 0.1) is 0 Å². The van der Waals surface area contributed by atoms with E-state index in [1.807, 2.05) is 42.5 Å². The van der Waals surface area contributed by atoms with Crippen molar-refractivity contribution in [2.24, 2.45) is 0 Å². The van der Waals surface area contributed by atoms with Crippen LogP contribution in [0.4, 0.5) is 5.69 Å². The largest absolute Gasteiger partial charge is 0.397 e. The lowest BCUT2D eigenvalue weighted by Crippen LogP contribution is -1.88. The minimum absolute atomic E-state index is 0.630. The number of para-hydroxylation sites is 1. The van der Waals surface area contributed by atoms with Crippen molar-refractivity contribution in [3.8, 4) is 33.8 Å². The molecular formula is C24H17N7. The molecule has 0 atom stereocenters. The third kappa shape index (κ3) is 2.91. The molecule has 2 aromatic carbocycles. The van der Waals surface area contributed by atoms with E-state index in [4.69, 9.17) is 10.7 Å². The van der Waals surface area contributed by atoms with Gasteiger partial charge >= 0.3 is 0 Å². The number of nitrogens with zero attached hydrogens (tertiary/aromatic N) is 4. The maximum Gasteiger partial charge on any atom is 0.159 e. The number of nitrogens with two attached hydrogens (primary N) is 1. The molecular weight excluding hydrogens is 386 g/mol. The molecule has 0 saturated heterocycles. The molecule has 0 aliphatic carbocycles. The molecule has 0 bridgehead atoms. The number of imidazole rings is 1. The van der Waals surface area contributed by atoms with Gasteiger partial charge in [-0.2, -0.15) is 5.10 Å². The lowest BCUT2D eigenvalue weighted by atomic mass is 10.0. The molecule has 4 aromatic heterocycles. The highest BCUT2D eigenvalue weighted by Gasteiger charge is 2.15. The Morgan fingerprint density at radius 3 is 2.55 bits per heavy atom. The van der Waals surface area contributed by atoms with Crippen LogP contribution in [0.25, 0.3) is 55.7 Å². The van der Waals surface area contributed by atoms with E-state index in [0.29, 0.717) is 11.5 Å². The van der Waals surface area contributed by atoms with Gasteiger partial charge in [0.05, 0.1) is 22.2 Å². The molecule has 4 heterocycles. The number of benzene rings is 2. The second-order valence-electron chi connectivity index (χ2n) is 7.36. The van der Waals surface area contributed by atoms with Crippen LogP contribution in [-0.4, -0.2) is 30.1 Å². The van der Waals surface area contributed by atoms with E-state index in [2.05, 4.69) is 37.3 Å². The summed E-state index contributed by atoms with van der Waals surface area (Å²) in [5.41, 5.74) is 14.2. The number of H-pyrrole nitrogens is 2. The van der Waals surface area contributed by atoms with Crippen LogP contribution >= 0.6 is 0 Å². The zero-order chi connectivity index (χ0) is 20.8. The Morgan fingerprint density at radius 1 is 0.774 bits per heavy atom. The van der Waals surface area contributed by atoms with Gasteiger partial charge in [-0.15, -0.1) is 0 Å². The maximum atomic E-state index is 5.91. The normalized spacial score (nSPS) is 11.4. The Bertz CT molecular complexity index is 1550. The van der Waals surface area contributed by atoms with E-state index in [-0.39, 0.29) is 0 Å². The molecule has 6 aromatic rings. The summed E-state index contributed by atoms with van der Waals surface area (Å²) >= 11 is 0. The van der Waals surface area contributed by atoms with Crippen molar-refractivity contribution in [3.63, 3.8) is 0 Å². The third-order valence-electron chi connectivity index (χ3n) is 5.38. The highest BCUT2D eigenvalue weighted by Crippen LogP contribution is 2.33. The summed E-state index contributed by atoms with van der Waals surface area (Å²) in [5.74, 6) is 0.714. The summed E-state index contributed by atoms with van der Waals surface area (Å²) in [6.45, 7) is 0. The minimum Gasteiger partial charge on any atom is -0.397 e. The zero-order valence-electron chi connectivity index (χ0n) is 16.4. The van der Waals surface area contributed by atoms with Gasteiger partial charge < -0.3 is 10.7 Å². The first kappa shape index (κ1) is 17.3. The maximum absolute atomic E-state index is 5.91. The predicted octanol–water partition coefficient (Wildman–Crippen LogP) is 4.81. The number of aromatic nitrogens is 6. The van der Waals surface area contributed by atoms with E-state index in [9.17, 15) is 0 Å². The van der Waals surface area contributed by atoms with E-state index >= 15 is 0 Å². The molecule has 0 radical (unpaired) electrons. The molecule has 0 unspecified atom stereocenters. The van der Waals surface area contributed by atoms with Crippen LogP contribution in [0.2, 0.25) is 0 Å². The number of hydrogen-bond donors (Lipinski definition) is 3. The lowest BCUT2D eigenvalue weighted by Gasteiger charge is -2.03. The average Bonchev–Trinajstić information content (AvgIpc) is 3.43.